The van der Waals surface area contributed by atoms with Gasteiger partial charge in [0.15, 0.2) is 0 Å². The minimum absolute atomic E-state index is 1.33. The van der Waals surface area contributed by atoms with Crippen molar-refractivity contribution in [1.82, 2.24) is 15.2 Å². The predicted octanol–water partition coefficient (Wildman–Crippen LogP) is 1.18. The van der Waals surface area contributed by atoms with Gasteiger partial charge in [-0.3, -0.25) is 10.1 Å². The highest BCUT2D eigenvalue weighted by atomic mass is 32.1. The Morgan fingerprint density at radius 3 is 2.36 bits per heavy atom. The Morgan fingerprint density at radius 1 is 1.50 bits per heavy atom. The van der Waals surface area contributed by atoms with Gasteiger partial charge in [0.2, 0.25) is 0 Å². The van der Waals surface area contributed by atoms with Gasteiger partial charge >= 0.3 is 6.09 Å². The third-order valence-corrected chi connectivity index (χ3v) is 1.28. The van der Waals surface area contributed by atoms with E-state index in [1.807, 2.05) is 11.4 Å². The maximum Gasteiger partial charge on any atom is 0.402 e. The molecule has 6 nitrogen and oxygen atoms in total. The van der Waals surface area contributed by atoms with Crippen LogP contribution in [0.5, 0.6) is 0 Å². The summed E-state index contributed by atoms with van der Waals surface area (Å²) in [6.45, 7) is 0. The Bertz CT molecular complexity index is 231. The van der Waals surface area contributed by atoms with Gasteiger partial charge in [-0.1, -0.05) is 0 Å². The summed E-state index contributed by atoms with van der Waals surface area (Å²) in [5, 5.41) is 15.3. The number of nitrogens with two attached hydrogens (primary N) is 1. The third-order valence-electron chi connectivity index (χ3n) is 0.753. The number of carboxylic acid groups (broad SMARTS) is 1. The van der Waals surface area contributed by atoms with Crippen molar-refractivity contribution in [3.05, 3.63) is 35.5 Å². The molecule has 1 amide bonds. The molecule has 0 radical (unpaired) electrons. The summed E-state index contributed by atoms with van der Waals surface area (Å²) in [7, 11) is 0. The second kappa shape index (κ2) is 9.20. The highest BCUT2D eigenvalue weighted by molar-refractivity contribution is 7.07. The molecule has 0 aromatic carbocycles. The van der Waals surface area contributed by atoms with Gasteiger partial charge in [0, 0.05) is 24.0 Å². The van der Waals surface area contributed by atoms with Crippen molar-refractivity contribution >= 4 is 17.4 Å². The first kappa shape index (κ1) is 12.1. The number of nitrogens with zero attached hydrogens (tertiary/aromatic N) is 2. The first-order chi connectivity index (χ1) is 6.73. The second-order valence-corrected chi connectivity index (χ2v) is 2.54. The number of carbonyl (C=O) groups is 1. The SMILES string of the molecule is NC(=O)O.c1cn[nH]c1.c1cscn1. The van der Waals surface area contributed by atoms with Gasteiger partial charge < -0.3 is 10.8 Å². The van der Waals surface area contributed by atoms with Crippen molar-refractivity contribution < 1.29 is 9.90 Å². The number of primary amides is 1. The third kappa shape index (κ3) is 12.8. The summed E-state index contributed by atoms with van der Waals surface area (Å²) < 4.78 is 0. The Hall–Kier alpha value is -1.89. The fraction of sp³-hybridized carbons (Fsp3) is 0. The predicted molar refractivity (Wildman–Crippen MR) is 52.9 cm³/mol. The molecule has 2 aromatic rings. The normalized spacial score (nSPS) is 7.43. The van der Waals surface area contributed by atoms with Crippen LogP contribution in [-0.4, -0.2) is 26.4 Å². The van der Waals surface area contributed by atoms with Crippen molar-refractivity contribution in [2.75, 3.05) is 0 Å². The summed E-state index contributed by atoms with van der Waals surface area (Å²) in [6.07, 6.45) is 3.89. The number of thiazole rings is 1. The van der Waals surface area contributed by atoms with Crippen LogP contribution in [0.25, 0.3) is 0 Å². The van der Waals surface area contributed by atoms with Crippen molar-refractivity contribution in [2.45, 2.75) is 0 Å². The number of hydrogen-bond donors (Lipinski definition) is 3. The molecule has 2 rings (SSSR count). The Kier molecular flexibility index (Phi) is 7.96. The number of amides is 1. The van der Waals surface area contributed by atoms with Gasteiger partial charge in [-0.25, -0.2) is 4.79 Å². The number of hydrogen-bond acceptors (Lipinski definition) is 4. The van der Waals surface area contributed by atoms with E-state index in [4.69, 9.17) is 9.90 Å². The van der Waals surface area contributed by atoms with E-state index in [2.05, 4.69) is 20.9 Å². The number of nitrogens with one attached hydrogen (secondary N) is 1. The van der Waals surface area contributed by atoms with Crippen LogP contribution >= 0.6 is 11.3 Å². The molecular formula is C7H10N4O2S. The molecule has 0 unspecified atom stereocenters. The molecule has 14 heavy (non-hydrogen) atoms. The van der Waals surface area contributed by atoms with Crippen molar-refractivity contribution in [3.8, 4) is 0 Å². The summed E-state index contributed by atoms with van der Waals surface area (Å²) in [6, 6.07) is 1.83. The molecule has 0 aliphatic heterocycles. The molecule has 2 heterocycles. The zero-order valence-corrected chi connectivity index (χ0v) is 8.02. The van der Waals surface area contributed by atoms with Crippen LogP contribution in [0.4, 0.5) is 4.79 Å². The molecule has 4 N–H and O–H groups in total. The summed E-state index contributed by atoms with van der Waals surface area (Å²) in [5.41, 5.74) is 5.82. The second-order valence-electron chi connectivity index (χ2n) is 1.78. The van der Waals surface area contributed by atoms with E-state index in [0.29, 0.717) is 0 Å². The zero-order chi connectivity index (χ0) is 10.6. The fourth-order valence-corrected chi connectivity index (χ4v) is 0.742. The van der Waals surface area contributed by atoms with Crippen LogP contribution in [0, 0.1) is 0 Å². The Balaban J connectivity index is 0.000000183. The van der Waals surface area contributed by atoms with E-state index in [-0.39, 0.29) is 0 Å². The number of aromatic amines is 1. The summed E-state index contributed by atoms with van der Waals surface area (Å²) in [4.78, 5) is 12.5. The maximum atomic E-state index is 8.78. The lowest BCUT2D eigenvalue weighted by molar-refractivity contribution is 0.205. The topological polar surface area (TPSA) is 105 Å². The molecule has 2 aromatic heterocycles. The summed E-state index contributed by atoms with van der Waals surface area (Å²) in [5.74, 6) is 0. The molecular weight excluding hydrogens is 204 g/mol. The molecule has 0 fully saturated rings. The molecule has 0 bridgehead atoms. The van der Waals surface area contributed by atoms with Crippen LogP contribution in [0.2, 0.25) is 0 Å². The minimum atomic E-state index is -1.33. The fourth-order valence-electron chi connectivity index (χ4n) is 0.391. The van der Waals surface area contributed by atoms with Crippen LogP contribution < -0.4 is 5.73 Å². The monoisotopic (exact) mass is 214 g/mol. The van der Waals surface area contributed by atoms with Crippen molar-refractivity contribution in [3.63, 3.8) is 0 Å². The van der Waals surface area contributed by atoms with Crippen LogP contribution in [0.1, 0.15) is 0 Å². The highest BCUT2D eigenvalue weighted by Gasteiger charge is 1.65. The van der Waals surface area contributed by atoms with E-state index < -0.39 is 6.09 Å². The van der Waals surface area contributed by atoms with Gasteiger partial charge in [-0.05, 0) is 6.07 Å². The minimum Gasteiger partial charge on any atom is -0.465 e. The highest BCUT2D eigenvalue weighted by Crippen LogP contribution is 1.85. The smallest absolute Gasteiger partial charge is 0.402 e. The van der Waals surface area contributed by atoms with E-state index >= 15 is 0 Å². The van der Waals surface area contributed by atoms with E-state index in [1.54, 1.807) is 35.4 Å². The Labute approximate surface area is 84.4 Å². The van der Waals surface area contributed by atoms with E-state index in [0.717, 1.165) is 0 Å². The van der Waals surface area contributed by atoms with Crippen LogP contribution in [-0.2, 0) is 0 Å². The largest absolute Gasteiger partial charge is 0.465 e. The lowest BCUT2D eigenvalue weighted by Crippen LogP contribution is -2.03. The van der Waals surface area contributed by atoms with Gasteiger partial charge in [-0.15, -0.1) is 11.3 Å². The van der Waals surface area contributed by atoms with Crippen molar-refractivity contribution in [1.29, 1.82) is 0 Å². The average molecular weight is 214 g/mol. The lowest BCUT2D eigenvalue weighted by Gasteiger charge is -1.61. The molecule has 0 aliphatic carbocycles. The zero-order valence-electron chi connectivity index (χ0n) is 7.20. The molecule has 0 saturated carbocycles. The molecule has 0 spiro atoms. The number of aromatic nitrogens is 3. The number of H-pyrrole nitrogens is 1. The van der Waals surface area contributed by atoms with Gasteiger partial charge in [0.1, 0.15) is 0 Å². The molecule has 0 aliphatic rings. The van der Waals surface area contributed by atoms with E-state index in [9.17, 15) is 0 Å². The van der Waals surface area contributed by atoms with Gasteiger partial charge in [0.05, 0.1) is 5.51 Å². The number of rotatable bonds is 0. The van der Waals surface area contributed by atoms with Gasteiger partial charge in [0.25, 0.3) is 0 Å². The van der Waals surface area contributed by atoms with Gasteiger partial charge in [-0.2, -0.15) is 5.10 Å². The quantitative estimate of drug-likeness (QED) is 0.612. The van der Waals surface area contributed by atoms with Crippen molar-refractivity contribution in [2.24, 2.45) is 5.73 Å². The molecule has 0 saturated heterocycles. The lowest BCUT2D eigenvalue weighted by atomic mass is 10.8. The van der Waals surface area contributed by atoms with E-state index in [1.165, 1.54) is 0 Å². The standard InChI is InChI=1S/C3H4N2.C3H3NS.CH3NO2/c1-2-4-5-3-1;1-2-5-3-4-1;2-1(3)4/h1-3H,(H,4,5);1-3H;2H2,(H,3,4). The molecule has 0 atom stereocenters. The van der Waals surface area contributed by atoms with Crippen LogP contribution in [0.15, 0.2) is 35.5 Å². The van der Waals surface area contributed by atoms with Crippen LogP contribution in [0.3, 0.4) is 0 Å². The first-order valence-corrected chi connectivity index (χ1v) is 4.42. The average Bonchev–Trinajstić information content (AvgIpc) is 2.83. The Morgan fingerprint density at radius 2 is 2.21 bits per heavy atom. The molecule has 76 valence electrons. The summed E-state index contributed by atoms with van der Waals surface area (Å²) >= 11 is 1.60. The maximum absolute atomic E-state index is 8.78. The molecule has 7 heteroatoms. The first-order valence-electron chi connectivity index (χ1n) is 3.47.